The molecule has 2 atom stereocenters. The van der Waals surface area contributed by atoms with Gasteiger partial charge in [0.15, 0.2) is 0 Å². The van der Waals surface area contributed by atoms with E-state index in [-0.39, 0.29) is 12.0 Å². The summed E-state index contributed by atoms with van der Waals surface area (Å²) in [7, 11) is 0. The Morgan fingerprint density at radius 1 is 0.476 bits per heavy atom. The summed E-state index contributed by atoms with van der Waals surface area (Å²) in [5.74, 6) is 1.06. The summed E-state index contributed by atoms with van der Waals surface area (Å²) >= 11 is 0. The normalized spacial score (nSPS) is 16.1. The van der Waals surface area contributed by atoms with Gasteiger partial charge in [0.2, 0.25) is 0 Å². The quantitative estimate of drug-likeness (QED) is 0.168. The Labute approximate surface area is 365 Å². The van der Waals surface area contributed by atoms with Crippen LogP contribution in [-0.4, -0.2) is 6.04 Å². The highest BCUT2D eigenvalue weighted by Crippen LogP contribution is 2.49. The van der Waals surface area contributed by atoms with E-state index < -0.39 is 0 Å². The van der Waals surface area contributed by atoms with E-state index in [1.165, 1.54) is 71.4 Å². The molecule has 2 aliphatic rings. The molecule has 0 amide bonds. The summed E-state index contributed by atoms with van der Waals surface area (Å²) in [6.45, 7) is 0. The monoisotopic (exact) mass is 807 g/mol. The van der Waals surface area contributed by atoms with Crippen molar-refractivity contribution in [3.8, 4) is 11.1 Å². The predicted octanol–water partition coefficient (Wildman–Crippen LogP) is 16.6. The third-order valence-corrected chi connectivity index (χ3v) is 13.5. The Bertz CT molecular complexity index is 3700. The molecule has 0 N–H and O–H groups in total. The zero-order valence-electron chi connectivity index (χ0n) is 34.5. The number of furan rings is 2. The van der Waals surface area contributed by atoms with Gasteiger partial charge in [0.1, 0.15) is 22.5 Å². The van der Waals surface area contributed by atoms with Crippen molar-refractivity contribution >= 4 is 88.2 Å². The van der Waals surface area contributed by atoms with Crippen LogP contribution in [0.3, 0.4) is 0 Å². The van der Waals surface area contributed by atoms with E-state index in [1.807, 2.05) is 0 Å². The first kappa shape index (κ1) is 35.8. The Morgan fingerprint density at radius 2 is 1.17 bits per heavy atom. The molecule has 2 aromatic heterocycles. The van der Waals surface area contributed by atoms with Gasteiger partial charge in [0.25, 0.3) is 0 Å². The maximum Gasteiger partial charge on any atom is 0.143 e. The van der Waals surface area contributed by atoms with Crippen LogP contribution in [-0.2, 0) is 0 Å². The van der Waals surface area contributed by atoms with Crippen molar-refractivity contribution < 1.29 is 8.83 Å². The van der Waals surface area contributed by atoms with Crippen molar-refractivity contribution in [1.82, 2.24) is 0 Å². The third kappa shape index (κ3) is 5.81. The van der Waals surface area contributed by atoms with Gasteiger partial charge >= 0.3 is 0 Å². The number of anilines is 2. The van der Waals surface area contributed by atoms with Gasteiger partial charge in [0.05, 0.1) is 17.1 Å². The maximum atomic E-state index is 6.92. The second-order valence-corrected chi connectivity index (χ2v) is 17.0. The molecule has 0 spiro atoms. The summed E-state index contributed by atoms with van der Waals surface area (Å²) in [6.07, 6.45) is 13.4. The summed E-state index contributed by atoms with van der Waals surface area (Å²) in [6, 6.07) is 65.9. The molecule has 63 heavy (non-hydrogen) atoms. The molecule has 3 heteroatoms. The standard InChI is InChI=1S/C60H41NO2/c1-2-15-44-37-57-53(36-43(44)14-1)51-22-10-21-50(60(51)63-57)49-19-7-8-23-54(49)61(55-24-11-25-56-58(55)52-35-32-41-13-4-6-18-48(41)59(52)62-56)45-33-30-39(31-34-45)38-26-28-42(29-27-38)47-20-9-16-40-12-3-5-17-46(40)47/h1-20,22-33,35-37,45,50H,21,34H2. The van der Waals surface area contributed by atoms with E-state index in [0.29, 0.717) is 0 Å². The highest BCUT2D eigenvalue weighted by molar-refractivity contribution is 6.19. The Balaban J connectivity index is 0.938. The van der Waals surface area contributed by atoms with Crippen molar-refractivity contribution in [2.45, 2.75) is 24.8 Å². The lowest BCUT2D eigenvalue weighted by atomic mass is 9.85. The number of allylic oxidation sites excluding steroid dienone is 3. The number of para-hydroxylation sites is 1. The van der Waals surface area contributed by atoms with Crippen LogP contribution >= 0.6 is 0 Å². The van der Waals surface area contributed by atoms with Crippen LogP contribution < -0.4 is 4.90 Å². The lowest BCUT2D eigenvalue weighted by Crippen LogP contribution is -2.31. The van der Waals surface area contributed by atoms with Crippen LogP contribution in [0.5, 0.6) is 0 Å². The molecule has 11 aromatic rings. The van der Waals surface area contributed by atoms with Gasteiger partial charge in [-0.25, -0.2) is 0 Å². The molecule has 0 radical (unpaired) electrons. The van der Waals surface area contributed by atoms with Gasteiger partial charge in [-0.1, -0.05) is 176 Å². The molecular weight excluding hydrogens is 767 g/mol. The molecule has 2 heterocycles. The van der Waals surface area contributed by atoms with Gasteiger partial charge in [-0.3, -0.25) is 0 Å². The summed E-state index contributed by atoms with van der Waals surface area (Å²) < 4.78 is 13.7. The van der Waals surface area contributed by atoms with Gasteiger partial charge in [-0.15, -0.1) is 0 Å². The number of fused-ring (bicyclic) bond motifs is 10. The van der Waals surface area contributed by atoms with Crippen LogP contribution in [0.2, 0.25) is 0 Å². The largest absolute Gasteiger partial charge is 0.460 e. The number of rotatable bonds is 6. The first-order valence-corrected chi connectivity index (χ1v) is 22.0. The van der Waals surface area contributed by atoms with Crippen LogP contribution in [0, 0.1) is 0 Å². The van der Waals surface area contributed by atoms with Crippen molar-refractivity contribution in [2.75, 3.05) is 4.90 Å². The third-order valence-electron chi connectivity index (χ3n) is 13.5. The van der Waals surface area contributed by atoms with E-state index in [9.17, 15) is 0 Å². The van der Waals surface area contributed by atoms with Crippen molar-refractivity contribution in [3.05, 3.63) is 229 Å². The minimum absolute atomic E-state index is 0.0282. The summed E-state index contributed by atoms with van der Waals surface area (Å²) in [4.78, 5) is 2.57. The molecular formula is C60H41NO2. The minimum atomic E-state index is 0.0282. The number of nitrogens with zero attached hydrogens (tertiary/aromatic N) is 1. The Kier molecular flexibility index (Phi) is 8.17. The molecule has 0 saturated heterocycles. The SMILES string of the molecule is C1=Cc2c(oc3cc4ccccc4cc23)C(c2ccccc2N(c2cccc3oc4c5ccccc5ccc4c23)C2C=CC(c3ccc(-c4cccc5ccccc45)cc3)=CC2)C1. The zero-order valence-corrected chi connectivity index (χ0v) is 34.5. The average molecular weight is 808 g/mol. The molecule has 0 bridgehead atoms. The fraction of sp³-hybridized carbons (Fsp3) is 0.0667. The first-order valence-electron chi connectivity index (χ1n) is 22.0. The molecule has 13 rings (SSSR count). The van der Waals surface area contributed by atoms with Crippen LogP contribution in [0.25, 0.3) is 88.0 Å². The van der Waals surface area contributed by atoms with Gasteiger partial charge < -0.3 is 13.7 Å². The van der Waals surface area contributed by atoms with E-state index in [2.05, 4.69) is 217 Å². The maximum absolute atomic E-state index is 6.92. The van der Waals surface area contributed by atoms with Gasteiger partial charge in [0, 0.05) is 33.3 Å². The van der Waals surface area contributed by atoms with Gasteiger partial charge in [-0.2, -0.15) is 0 Å². The molecule has 9 aromatic carbocycles. The summed E-state index contributed by atoms with van der Waals surface area (Å²) in [5.41, 5.74) is 12.4. The predicted molar refractivity (Wildman–Crippen MR) is 264 cm³/mol. The van der Waals surface area contributed by atoms with E-state index in [1.54, 1.807) is 0 Å². The molecule has 2 unspecified atom stereocenters. The molecule has 0 fully saturated rings. The van der Waals surface area contributed by atoms with Crippen molar-refractivity contribution in [3.63, 3.8) is 0 Å². The topological polar surface area (TPSA) is 29.5 Å². The summed E-state index contributed by atoms with van der Waals surface area (Å²) in [5, 5.41) is 10.7. The van der Waals surface area contributed by atoms with Crippen LogP contribution in [0.4, 0.5) is 11.4 Å². The molecule has 0 saturated carbocycles. The Morgan fingerprint density at radius 3 is 2.02 bits per heavy atom. The average Bonchev–Trinajstić information content (AvgIpc) is 3.92. The van der Waals surface area contributed by atoms with E-state index in [4.69, 9.17) is 8.83 Å². The van der Waals surface area contributed by atoms with Crippen molar-refractivity contribution in [2.24, 2.45) is 0 Å². The second-order valence-electron chi connectivity index (χ2n) is 17.0. The molecule has 0 aliphatic heterocycles. The van der Waals surface area contributed by atoms with Crippen LogP contribution in [0.1, 0.15) is 41.2 Å². The molecule has 298 valence electrons. The molecule has 3 nitrogen and oxygen atoms in total. The number of hydrogen-bond donors (Lipinski definition) is 0. The minimum Gasteiger partial charge on any atom is -0.460 e. The van der Waals surface area contributed by atoms with E-state index in [0.717, 1.165) is 57.2 Å². The first-order chi connectivity index (χ1) is 31.2. The van der Waals surface area contributed by atoms with Gasteiger partial charge in [-0.05, 0) is 104 Å². The van der Waals surface area contributed by atoms with E-state index >= 15 is 0 Å². The lowest BCUT2D eigenvalue weighted by Gasteiger charge is -2.36. The zero-order chi connectivity index (χ0) is 41.4. The van der Waals surface area contributed by atoms with Crippen LogP contribution in [0.15, 0.2) is 215 Å². The van der Waals surface area contributed by atoms with Crippen molar-refractivity contribution in [1.29, 1.82) is 0 Å². The fourth-order valence-corrected chi connectivity index (χ4v) is 10.5. The highest BCUT2D eigenvalue weighted by atomic mass is 16.3. The number of benzene rings is 9. The highest BCUT2D eigenvalue weighted by Gasteiger charge is 2.32. The second kappa shape index (κ2) is 14.4. The Hall–Kier alpha value is -7.88. The fourth-order valence-electron chi connectivity index (χ4n) is 10.5. The number of hydrogen-bond acceptors (Lipinski definition) is 3. The lowest BCUT2D eigenvalue weighted by molar-refractivity contribution is 0.516. The smallest absolute Gasteiger partial charge is 0.143 e. The molecule has 2 aliphatic carbocycles.